The molecule has 0 amide bonds. The summed E-state index contributed by atoms with van der Waals surface area (Å²) in [4.78, 5) is 9.81. The highest BCUT2D eigenvalue weighted by Crippen LogP contribution is 2.42. The maximum Gasteiger partial charge on any atom is 0.304 e. The maximum atomic E-state index is 13.4. The molecule has 0 radical (unpaired) electrons. The topological polar surface area (TPSA) is 55.2 Å². The van der Waals surface area contributed by atoms with E-state index in [1.165, 1.54) is 31.4 Å². The van der Waals surface area contributed by atoms with Crippen molar-refractivity contribution in [3.05, 3.63) is 39.7 Å². The van der Waals surface area contributed by atoms with Crippen LogP contribution in [0.1, 0.15) is 24.8 Å². The highest BCUT2D eigenvalue weighted by molar-refractivity contribution is 8.00. The Labute approximate surface area is 115 Å². The lowest BCUT2D eigenvalue weighted by Gasteiger charge is -2.40. The van der Waals surface area contributed by atoms with Gasteiger partial charge in [-0.25, -0.2) is 0 Å². The molecule has 1 saturated carbocycles. The van der Waals surface area contributed by atoms with Crippen molar-refractivity contribution < 1.29 is 9.31 Å². The summed E-state index contributed by atoms with van der Waals surface area (Å²) in [5.41, 5.74) is 0.266. The van der Waals surface area contributed by atoms with Crippen molar-refractivity contribution >= 4 is 17.4 Å². The number of halogens is 1. The molecule has 0 bridgehead atoms. The first-order valence-electron chi connectivity index (χ1n) is 6.25. The van der Waals surface area contributed by atoms with E-state index in [1.807, 2.05) is 11.8 Å². The summed E-state index contributed by atoms with van der Waals surface area (Å²) in [7, 11) is 0. The summed E-state index contributed by atoms with van der Waals surface area (Å²) < 4.78 is 13.8. The van der Waals surface area contributed by atoms with Crippen LogP contribution in [0, 0.1) is 15.9 Å². The Bertz CT molecular complexity index is 472. The van der Waals surface area contributed by atoms with Crippen LogP contribution in [0.3, 0.4) is 0 Å². The third kappa shape index (κ3) is 3.25. The number of rotatable bonds is 6. The van der Waals surface area contributed by atoms with Gasteiger partial charge >= 0.3 is 5.69 Å². The number of benzene rings is 1. The van der Waals surface area contributed by atoms with Crippen molar-refractivity contribution in [1.82, 2.24) is 5.32 Å². The van der Waals surface area contributed by atoms with E-state index >= 15 is 0 Å². The van der Waals surface area contributed by atoms with E-state index in [0.29, 0.717) is 11.3 Å². The minimum atomic E-state index is -0.771. The standard InChI is InChI=1S/C13H17FN2O2S/c1-19-13(5-2-6-13)9-15-8-10-3-4-12(16(17)18)11(14)7-10/h3-4,7,15H,2,5-6,8-9H2,1H3. The van der Waals surface area contributed by atoms with E-state index in [1.54, 1.807) is 6.07 Å². The zero-order valence-corrected chi connectivity index (χ0v) is 11.6. The molecule has 0 unspecified atom stereocenters. The Hall–Kier alpha value is -1.14. The van der Waals surface area contributed by atoms with Crippen LogP contribution in [0.15, 0.2) is 18.2 Å². The van der Waals surface area contributed by atoms with Crippen molar-refractivity contribution in [2.24, 2.45) is 0 Å². The van der Waals surface area contributed by atoms with Crippen molar-refractivity contribution in [1.29, 1.82) is 0 Å². The molecule has 1 N–H and O–H groups in total. The smallest absolute Gasteiger partial charge is 0.304 e. The lowest BCUT2D eigenvalue weighted by Crippen LogP contribution is -2.43. The zero-order valence-electron chi connectivity index (χ0n) is 10.8. The predicted molar refractivity (Wildman–Crippen MR) is 74.9 cm³/mol. The SMILES string of the molecule is CSC1(CNCc2ccc([N+](=O)[O-])c(F)c2)CCC1. The number of hydrogen-bond donors (Lipinski definition) is 1. The van der Waals surface area contributed by atoms with E-state index in [-0.39, 0.29) is 0 Å². The quantitative estimate of drug-likeness (QED) is 0.644. The van der Waals surface area contributed by atoms with Gasteiger partial charge in [0.1, 0.15) is 0 Å². The second-order valence-corrected chi connectivity index (χ2v) is 6.16. The van der Waals surface area contributed by atoms with Gasteiger partial charge in [-0.1, -0.05) is 12.5 Å². The molecule has 1 aliphatic carbocycles. The lowest BCUT2D eigenvalue weighted by atomic mass is 9.84. The Kier molecular flexibility index (Phi) is 4.42. The number of nitro groups is 1. The number of nitro benzene ring substituents is 1. The largest absolute Gasteiger partial charge is 0.311 e. The van der Waals surface area contributed by atoms with Crippen LogP contribution in [0.2, 0.25) is 0 Å². The summed E-state index contributed by atoms with van der Waals surface area (Å²) in [6.45, 7) is 1.43. The fraction of sp³-hybridized carbons (Fsp3) is 0.538. The molecule has 0 heterocycles. The van der Waals surface area contributed by atoms with Gasteiger partial charge < -0.3 is 5.32 Å². The molecule has 0 atom stereocenters. The average molecular weight is 284 g/mol. The molecule has 1 aromatic rings. The van der Waals surface area contributed by atoms with Gasteiger partial charge in [-0.3, -0.25) is 10.1 Å². The average Bonchev–Trinajstić information content (AvgIpc) is 2.32. The van der Waals surface area contributed by atoms with Crippen LogP contribution in [0.25, 0.3) is 0 Å². The molecule has 104 valence electrons. The molecule has 0 saturated heterocycles. The molecule has 4 nitrogen and oxygen atoms in total. The van der Waals surface area contributed by atoms with Crippen molar-refractivity contribution in [2.45, 2.75) is 30.6 Å². The van der Waals surface area contributed by atoms with Gasteiger partial charge in [-0.05, 0) is 30.7 Å². The van der Waals surface area contributed by atoms with Crippen LogP contribution >= 0.6 is 11.8 Å². The molecular weight excluding hydrogens is 267 g/mol. The highest BCUT2D eigenvalue weighted by Gasteiger charge is 2.35. The van der Waals surface area contributed by atoms with Gasteiger partial charge in [-0.2, -0.15) is 16.2 Å². The Morgan fingerprint density at radius 1 is 1.53 bits per heavy atom. The second-order valence-electron chi connectivity index (χ2n) is 4.89. The minimum absolute atomic E-state index is 0.333. The van der Waals surface area contributed by atoms with E-state index < -0.39 is 16.4 Å². The molecular formula is C13H17FN2O2S. The molecule has 2 rings (SSSR count). The summed E-state index contributed by atoms with van der Waals surface area (Å²) >= 11 is 1.88. The monoisotopic (exact) mass is 284 g/mol. The fourth-order valence-corrected chi connectivity index (χ4v) is 3.21. The van der Waals surface area contributed by atoms with E-state index in [4.69, 9.17) is 0 Å². The summed E-state index contributed by atoms with van der Waals surface area (Å²) in [5, 5.41) is 13.8. The molecule has 0 aliphatic heterocycles. The van der Waals surface area contributed by atoms with Crippen LogP contribution in [-0.4, -0.2) is 22.5 Å². The van der Waals surface area contributed by atoms with E-state index in [9.17, 15) is 14.5 Å². The number of hydrogen-bond acceptors (Lipinski definition) is 4. The van der Waals surface area contributed by atoms with E-state index in [2.05, 4.69) is 11.6 Å². The molecule has 1 aromatic carbocycles. The third-order valence-electron chi connectivity index (χ3n) is 3.68. The number of nitrogens with zero attached hydrogens (tertiary/aromatic N) is 1. The maximum absolute atomic E-state index is 13.4. The lowest BCUT2D eigenvalue weighted by molar-refractivity contribution is -0.387. The normalized spacial score (nSPS) is 16.9. The van der Waals surface area contributed by atoms with Gasteiger partial charge in [0, 0.05) is 23.9 Å². The van der Waals surface area contributed by atoms with Gasteiger partial charge in [0.25, 0.3) is 0 Å². The first-order valence-corrected chi connectivity index (χ1v) is 7.47. The van der Waals surface area contributed by atoms with Crippen LogP contribution in [-0.2, 0) is 6.54 Å². The van der Waals surface area contributed by atoms with Gasteiger partial charge in [0.15, 0.2) is 0 Å². The molecule has 1 fully saturated rings. The first-order chi connectivity index (χ1) is 9.06. The van der Waals surface area contributed by atoms with Crippen molar-refractivity contribution in [3.63, 3.8) is 0 Å². The number of nitrogens with one attached hydrogen (secondary N) is 1. The Balaban J connectivity index is 1.89. The Morgan fingerprint density at radius 2 is 2.26 bits per heavy atom. The van der Waals surface area contributed by atoms with Crippen molar-refractivity contribution in [2.75, 3.05) is 12.8 Å². The number of thioether (sulfide) groups is 1. The minimum Gasteiger partial charge on any atom is -0.311 e. The summed E-state index contributed by atoms with van der Waals surface area (Å²) in [6, 6.07) is 4.05. The molecule has 0 aromatic heterocycles. The highest BCUT2D eigenvalue weighted by atomic mass is 32.2. The fourth-order valence-electron chi connectivity index (χ4n) is 2.27. The first kappa shape index (κ1) is 14.3. The van der Waals surface area contributed by atoms with E-state index in [0.717, 1.165) is 12.1 Å². The van der Waals surface area contributed by atoms with Gasteiger partial charge in [-0.15, -0.1) is 0 Å². The van der Waals surface area contributed by atoms with Gasteiger partial charge in [0.2, 0.25) is 5.82 Å². The molecule has 1 aliphatic rings. The van der Waals surface area contributed by atoms with Crippen LogP contribution in [0.4, 0.5) is 10.1 Å². The Morgan fingerprint density at radius 3 is 2.74 bits per heavy atom. The molecule has 0 spiro atoms. The molecule has 19 heavy (non-hydrogen) atoms. The summed E-state index contributed by atoms with van der Waals surface area (Å²) in [6.07, 6.45) is 5.83. The van der Waals surface area contributed by atoms with Crippen molar-refractivity contribution in [3.8, 4) is 0 Å². The van der Waals surface area contributed by atoms with Gasteiger partial charge in [0.05, 0.1) is 4.92 Å². The third-order valence-corrected chi connectivity index (χ3v) is 5.10. The summed E-state index contributed by atoms with van der Waals surface area (Å²) in [5.74, 6) is -0.771. The van der Waals surface area contributed by atoms with Crippen LogP contribution in [0.5, 0.6) is 0 Å². The molecule has 6 heteroatoms. The zero-order chi connectivity index (χ0) is 13.9. The predicted octanol–water partition coefficient (Wildman–Crippen LogP) is 3.11. The van der Waals surface area contributed by atoms with Crippen LogP contribution < -0.4 is 5.32 Å². The second kappa shape index (κ2) is 5.88.